The number of hydrogen-bond donors (Lipinski definition) is 2. The third kappa shape index (κ3) is 3.70. The van der Waals surface area contributed by atoms with Crippen molar-refractivity contribution in [2.75, 3.05) is 19.0 Å². The molecule has 1 aliphatic carbocycles. The van der Waals surface area contributed by atoms with E-state index in [0.717, 1.165) is 41.0 Å². The molecule has 0 radical (unpaired) electrons. The van der Waals surface area contributed by atoms with Crippen molar-refractivity contribution in [1.82, 2.24) is 4.90 Å². The number of nitrogens with one attached hydrogen (secondary N) is 1. The number of esters is 1. The Morgan fingerprint density at radius 1 is 1.13 bits per heavy atom. The number of primary amides is 1. The number of anilines is 1. The average molecular weight is 441 g/mol. The van der Waals surface area contributed by atoms with Crippen LogP contribution in [0.15, 0.2) is 18.2 Å². The van der Waals surface area contributed by atoms with Crippen LogP contribution in [0.4, 0.5) is 5.00 Å². The Kier molecular flexibility index (Phi) is 5.32. The van der Waals surface area contributed by atoms with E-state index in [4.69, 9.17) is 10.5 Å². The monoisotopic (exact) mass is 441 g/mol. The number of nitrogens with two attached hydrogens (primary N) is 1. The molecule has 4 amide bonds. The van der Waals surface area contributed by atoms with Crippen molar-refractivity contribution < 1.29 is 28.7 Å². The summed E-state index contributed by atoms with van der Waals surface area (Å²) in [5.41, 5.74) is 7.09. The zero-order chi connectivity index (χ0) is 22.3. The molecule has 9 nitrogen and oxygen atoms in total. The van der Waals surface area contributed by atoms with E-state index < -0.39 is 36.2 Å². The van der Waals surface area contributed by atoms with E-state index in [9.17, 15) is 24.0 Å². The Labute approximate surface area is 181 Å². The molecular formula is C21H19N3O6S. The number of imide groups is 1. The summed E-state index contributed by atoms with van der Waals surface area (Å²) >= 11 is 1.32. The van der Waals surface area contributed by atoms with E-state index in [1.165, 1.54) is 36.6 Å². The molecule has 3 N–H and O–H groups in total. The number of hydrogen-bond acceptors (Lipinski definition) is 7. The van der Waals surface area contributed by atoms with Crippen LogP contribution in [0, 0.1) is 0 Å². The molecule has 1 aromatic carbocycles. The number of carbonyl (C=O) groups excluding carboxylic acids is 5. The van der Waals surface area contributed by atoms with Crippen molar-refractivity contribution in [3.8, 4) is 0 Å². The summed E-state index contributed by atoms with van der Waals surface area (Å²) in [5.74, 6) is -2.97. The molecule has 4 rings (SSSR count). The summed E-state index contributed by atoms with van der Waals surface area (Å²) in [6, 6.07) is 4.02. The highest BCUT2D eigenvalue weighted by molar-refractivity contribution is 7.17. The number of benzene rings is 1. The minimum atomic E-state index is -0.812. The molecule has 0 unspecified atom stereocenters. The van der Waals surface area contributed by atoms with Gasteiger partial charge in [0.05, 0.1) is 22.3 Å². The minimum Gasteiger partial charge on any atom is -0.452 e. The molecule has 160 valence electrons. The Bertz CT molecular complexity index is 1150. The fraction of sp³-hybridized carbons (Fsp3) is 0.286. The van der Waals surface area contributed by atoms with E-state index in [0.29, 0.717) is 10.6 Å². The Hall–Kier alpha value is -3.53. The molecule has 31 heavy (non-hydrogen) atoms. The van der Waals surface area contributed by atoms with Crippen molar-refractivity contribution >= 4 is 45.9 Å². The second-order valence-electron chi connectivity index (χ2n) is 7.33. The van der Waals surface area contributed by atoms with Crippen molar-refractivity contribution in [1.29, 1.82) is 0 Å². The second kappa shape index (κ2) is 7.95. The van der Waals surface area contributed by atoms with E-state index in [1.54, 1.807) is 0 Å². The molecule has 2 heterocycles. The highest BCUT2D eigenvalue weighted by Crippen LogP contribution is 2.37. The van der Waals surface area contributed by atoms with E-state index >= 15 is 0 Å². The average Bonchev–Trinajstić information content (AvgIpc) is 3.22. The van der Waals surface area contributed by atoms with Crippen LogP contribution >= 0.6 is 11.3 Å². The van der Waals surface area contributed by atoms with Gasteiger partial charge < -0.3 is 15.8 Å². The summed E-state index contributed by atoms with van der Waals surface area (Å²) in [5, 5.41) is 2.98. The number of aryl methyl sites for hydroxylation is 1. The molecule has 0 fully saturated rings. The first-order chi connectivity index (χ1) is 14.8. The zero-order valence-electron chi connectivity index (χ0n) is 16.6. The predicted octanol–water partition coefficient (Wildman–Crippen LogP) is 1.75. The van der Waals surface area contributed by atoms with Gasteiger partial charge in [0.2, 0.25) is 0 Å². The lowest BCUT2D eigenvalue weighted by molar-refractivity contribution is -0.119. The van der Waals surface area contributed by atoms with E-state index in [1.807, 2.05) is 0 Å². The fourth-order valence-corrected chi connectivity index (χ4v) is 5.09. The SMILES string of the molecule is CN1C(=O)c2ccc(C(=O)OCC(=O)Nc3sc4c(c3C(N)=O)CCCC4)cc2C1=O. The Balaban J connectivity index is 1.43. The molecule has 0 bridgehead atoms. The third-order valence-corrected chi connectivity index (χ3v) is 6.54. The summed E-state index contributed by atoms with van der Waals surface area (Å²) in [6.07, 6.45) is 3.55. The Morgan fingerprint density at radius 3 is 2.58 bits per heavy atom. The number of nitrogens with zero attached hydrogens (tertiary/aromatic N) is 1. The molecule has 1 aliphatic heterocycles. The van der Waals surface area contributed by atoms with Gasteiger partial charge in [-0.05, 0) is 49.4 Å². The number of rotatable bonds is 5. The quantitative estimate of drug-likeness (QED) is 0.536. The topological polar surface area (TPSA) is 136 Å². The van der Waals surface area contributed by atoms with Crippen molar-refractivity contribution in [3.63, 3.8) is 0 Å². The molecule has 0 saturated heterocycles. The molecule has 1 aromatic heterocycles. The Morgan fingerprint density at radius 2 is 1.84 bits per heavy atom. The van der Waals surface area contributed by atoms with Crippen molar-refractivity contribution in [2.45, 2.75) is 25.7 Å². The van der Waals surface area contributed by atoms with Crippen LogP contribution in [0.5, 0.6) is 0 Å². The molecule has 2 aromatic rings. The summed E-state index contributed by atoms with van der Waals surface area (Å²) in [6.45, 7) is -0.580. The summed E-state index contributed by atoms with van der Waals surface area (Å²) in [4.78, 5) is 62.5. The summed E-state index contributed by atoms with van der Waals surface area (Å²) in [7, 11) is 1.36. The molecule has 0 spiro atoms. The second-order valence-corrected chi connectivity index (χ2v) is 8.44. The third-order valence-electron chi connectivity index (χ3n) is 5.33. The van der Waals surface area contributed by atoms with Gasteiger partial charge in [0.1, 0.15) is 5.00 Å². The van der Waals surface area contributed by atoms with Crippen molar-refractivity contribution in [3.05, 3.63) is 50.9 Å². The lowest BCUT2D eigenvalue weighted by Crippen LogP contribution is -2.24. The van der Waals surface area contributed by atoms with Gasteiger partial charge in [-0.25, -0.2) is 4.79 Å². The first kappa shape index (κ1) is 20.7. The smallest absolute Gasteiger partial charge is 0.338 e. The van der Waals surface area contributed by atoms with Crippen LogP contribution in [-0.4, -0.2) is 48.2 Å². The minimum absolute atomic E-state index is 0.0485. The van der Waals surface area contributed by atoms with Gasteiger partial charge in [0.25, 0.3) is 23.6 Å². The highest BCUT2D eigenvalue weighted by atomic mass is 32.1. The van der Waals surface area contributed by atoms with Crippen LogP contribution in [0.3, 0.4) is 0 Å². The number of amides is 4. The maximum Gasteiger partial charge on any atom is 0.338 e. The number of ether oxygens (including phenoxy) is 1. The van der Waals surface area contributed by atoms with E-state index in [2.05, 4.69) is 5.32 Å². The van der Waals surface area contributed by atoms with Crippen LogP contribution in [0.1, 0.15) is 64.7 Å². The normalized spacial score (nSPS) is 14.8. The zero-order valence-corrected chi connectivity index (χ0v) is 17.5. The number of carbonyl (C=O) groups is 5. The van der Waals surface area contributed by atoms with Gasteiger partial charge in [0.15, 0.2) is 6.61 Å². The standard InChI is InChI=1S/C21H19N3O6S/c1-24-19(27)11-7-6-10(8-13(11)20(24)28)21(29)30-9-15(25)23-18-16(17(22)26)12-4-2-3-5-14(12)31-18/h6-8H,2-5,9H2,1H3,(H2,22,26)(H,23,25). The van der Waals surface area contributed by atoms with Gasteiger partial charge >= 0.3 is 5.97 Å². The van der Waals surface area contributed by atoms with Gasteiger partial charge in [-0.2, -0.15) is 0 Å². The maximum atomic E-state index is 12.3. The van der Waals surface area contributed by atoms with Crippen LogP contribution in [-0.2, 0) is 22.4 Å². The van der Waals surface area contributed by atoms with Crippen LogP contribution in [0.2, 0.25) is 0 Å². The van der Waals surface area contributed by atoms with E-state index in [-0.39, 0.29) is 16.7 Å². The maximum absolute atomic E-state index is 12.3. The molecule has 2 aliphatic rings. The highest BCUT2D eigenvalue weighted by Gasteiger charge is 2.33. The molecule has 0 atom stereocenters. The fourth-order valence-electron chi connectivity index (χ4n) is 3.78. The van der Waals surface area contributed by atoms with Crippen LogP contribution < -0.4 is 11.1 Å². The van der Waals surface area contributed by atoms with Crippen molar-refractivity contribution in [2.24, 2.45) is 5.73 Å². The van der Waals surface area contributed by atoms with Gasteiger partial charge in [-0.3, -0.25) is 24.1 Å². The first-order valence-electron chi connectivity index (χ1n) is 9.65. The largest absolute Gasteiger partial charge is 0.452 e. The predicted molar refractivity (Wildman–Crippen MR) is 111 cm³/mol. The summed E-state index contributed by atoms with van der Waals surface area (Å²) < 4.78 is 5.04. The lowest BCUT2D eigenvalue weighted by Gasteiger charge is -2.11. The lowest BCUT2D eigenvalue weighted by atomic mass is 9.95. The van der Waals surface area contributed by atoms with Gasteiger partial charge in [0, 0.05) is 11.9 Å². The molecular weight excluding hydrogens is 422 g/mol. The van der Waals surface area contributed by atoms with Gasteiger partial charge in [-0.15, -0.1) is 11.3 Å². The molecule has 10 heteroatoms. The number of fused-ring (bicyclic) bond motifs is 2. The first-order valence-corrected chi connectivity index (χ1v) is 10.5. The molecule has 0 saturated carbocycles. The van der Waals surface area contributed by atoms with Gasteiger partial charge in [-0.1, -0.05) is 0 Å². The van der Waals surface area contributed by atoms with Crippen LogP contribution in [0.25, 0.3) is 0 Å². The number of thiophene rings is 1.